The SMILES string of the molecule is CCCCC/C(C)=N\NS(=O)(=O)c1ccc(C)cc1. The lowest BCUT2D eigenvalue weighted by atomic mass is 10.1. The molecule has 1 N–H and O–H groups in total. The molecule has 4 nitrogen and oxygen atoms in total. The molecule has 0 radical (unpaired) electrons. The van der Waals surface area contributed by atoms with Crippen LogP contribution in [-0.2, 0) is 10.0 Å². The fourth-order valence-corrected chi connectivity index (χ4v) is 2.47. The molecule has 1 rings (SSSR count). The molecule has 0 saturated carbocycles. The van der Waals surface area contributed by atoms with Crippen LogP contribution >= 0.6 is 0 Å². The summed E-state index contributed by atoms with van der Waals surface area (Å²) in [5.74, 6) is 0. The van der Waals surface area contributed by atoms with E-state index in [4.69, 9.17) is 0 Å². The molecule has 0 atom stereocenters. The molecule has 1 aromatic carbocycles. The number of rotatable bonds is 7. The molecule has 0 bridgehead atoms. The molecule has 0 heterocycles. The summed E-state index contributed by atoms with van der Waals surface area (Å²) < 4.78 is 23.9. The van der Waals surface area contributed by atoms with Gasteiger partial charge in [-0.1, -0.05) is 37.5 Å². The normalized spacial score (nSPS) is 12.5. The van der Waals surface area contributed by atoms with Crippen molar-refractivity contribution in [3.05, 3.63) is 29.8 Å². The maximum atomic E-state index is 12.0. The van der Waals surface area contributed by atoms with Gasteiger partial charge in [0.1, 0.15) is 0 Å². The Kier molecular flexibility index (Phi) is 6.02. The van der Waals surface area contributed by atoms with E-state index >= 15 is 0 Å². The second kappa shape index (κ2) is 7.28. The first-order valence-corrected chi connectivity index (χ1v) is 8.05. The van der Waals surface area contributed by atoms with Crippen molar-refractivity contribution in [3.63, 3.8) is 0 Å². The Bertz CT molecular complexity index is 519. The molecule has 1 aromatic rings. The number of sulfonamides is 1. The first-order chi connectivity index (χ1) is 8.95. The Hall–Kier alpha value is -1.36. The Labute approximate surface area is 116 Å². The number of hydrogen-bond donors (Lipinski definition) is 1. The molecule has 19 heavy (non-hydrogen) atoms. The van der Waals surface area contributed by atoms with Crippen LogP contribution in [0.3, 0.4) is 0 Å². The number of hydrazone groups is 1. The molecule has 0 saturated heterocycles. The summed E-state index contributed by atoms with van der Waals surface area (Å²) in [5, 5.41) is 3.95. The van der Waals surface area contributed by atoms with Crippen LogP contribution in [0.2, 0.25) is 0 Å². The summed E-state index contributed by atoms with van der Waals surface area (Å²) in [7, 11) is -3.54. The zero-order valence-corrected chi connectivity index (χ0v) is 12.6. The van der Waals surface area contributed by atoms with Gasteiger partial charge in [-0.2, -0.15) is 13.5 Å². The molecule has 5 heteroatoms. The van der Waals surface area contributed by atoms with E-state index in [9.17, 15) is 8.42 Å². The summed E-state index contributed by atoms with van der Waals surface area (Å²) >= 11 is 0. The molecule has 0 aliphatic heterocycles. The van der Waals surface area contributed by atoms with E-state index < -0.39 is 10.0 Å². The van der Waals surface area contributed by atoms with E-state index in [0.29, 0.717) is 0 Å². The topological polar surface area (TPSA) is 58.5 Å². The smallest absolute Gasteiger partial charge is 0.200 e. The van der Waals surface area contributed by atoms with Gasteiger partial charge in [0.05, 0.1) is 4.90 Å². The average molecular weight is 282 g/mol. The molecule has 0 aliphatic rings. The predicted molar refractivity (Wildman–Crippen MR) is 78.8 cm³/mol. The largest absolute Gasteiger partial charge is 0.276 e. The molecular weight excluding hydrogens is 260 g/mol. The number of hydrogen-bond acceptors (Lipinski definition) is 3. The van der Waals surface area contributed by atoms with Crippen molar-refractivity contribution in [3.8, 4) is 0 Å². The molecule has 0 aromatic heterocycles. The van der Waals surface area contributed by atoms with E-state index in [-0.39, 0.29) is 4.90 Å². The van der Waals surface area contributed by atoms with Gasteiger partial charge in [-0.25, -0.2) is 4.83 Å². The third-order valence-corrected chi connectivity index (χ3v) is 4.05. The summed E-state index contributed by atoms with van der Waals surface area (Å²) in [6.07, 6.45) is 4.14. The first kappa shape index (κ1) is 15.7. The lowest BCUT2D eigenvalue weighted by Gasteiger charge is -2.05. The number of unbranched alkanes of at least 4 members (excludes halogenated alkanes) is 2. The maximum Gasteiger partial charge on any atom is 0.276 e. The van der Waals surface area contributed by atoms with Crippen molar-refractivity contribution in [1.29, 1.82) is 0 Å². The Balaban J connectivity index is 2.64. The van der Waals surface area contributed by atoms with Crippen LogP contribution in [0.1, 0.15) is 45.1 Å². The van der Waals surface area contributed by atoms with E-state index in [0.717, 1.165) is 37.0 Å². The van der Waals surface area contributed by atoms with Crippen molar-refractivity contribution < 1.29 is 8.42 Å². The van der Waals surface area contributed by atoms with E-state index in [1.807, 2.05) is 13.8 Å². The highest BCUT2D eigenvalue weighted by Gasteiger charge is 2.12. The molecule has 106 valence electrons. The lowest BCUT2D eigenvalue weighted by molar-refractivity contribution is 0.584. The third kappa shape index (κ3) is 5.42. The highest BCUT2D eigenvalue weighted by molar-refractivity contribution is 7.89. The van der Waals surface area contributed by atoms with Gasteiger partial charge in [0, 0.05) is 5.71 Å². The van der Waals surface area contributed by atoms with E-state index in [1.54, 1.807) is 24.3 Å². The van der Waals surface area contributed by atoms with Gasteiger partial charge in [-0.3, -0.25) is 0 Å². The minimum atomic E-state index is -3.54. The van der Waals surface area contributed by atoms with Crippen LogP contribution in [-0.4, -0.2) is 14.1 Å². The van der Waals surface area contributed by atoms with Gasteiger partial charge in [-0.05, 0) is 38.8 Å². The van der Waals surface area contributed by atoms with Crippen molar-refractivity contribution in [1.82, 2.24) is 4.83 Å². The molecule has 0 fully saturated rings. The number of aryl methyl sites for hydroxylation is 1. The second-order valence-corrected chi connectivity index (χ2v) is 6.37. The van der Waals surface area contributed by atoms with Crippen molar-refractivity contribution in [2.24, 2.45) is 5.10 Å². The van der Waals surface area contributed by atoms with Crippen molar-refractivity contribution >= 4 is 15.7 Å². The Morgan fingerprint density at radius 2 is 1.84 bits per heavy atom. The monoisotopic (exact) mass is 282 g/mol. The quantitative estimate of drug-likeness (QED) is 0.474. The predicted octanol–water partition coefficient (Wildman–Crippen LogP) is 3.23. The van der Waals surface area contributed by atoms with Crippen LogP contribution in [0.15, 0.2) is 34.3 Å². The van der Waals surface area contributed by atoms with Gasteiger partial charge >= 0.3 is 0 Å². The van der Waals surface area contributed by atoms with Crippen molar-refractivity contribution in [2.45, 2.75) is 51.3 Å². The summed E-state index contributed by atoms with van der Waals surface area (Å²) in [6, 6.07) is 6.71. The van der Waals surface area contributed by atoms with Gasteiger partial charge in [0.2, 0.25) is 0 Å². The molecule has 0 amide bonds. The average Bonchev–Trinajstić information content (AvgIpc) is 2.37. The van der Waals surface area contributed by atoms with E-state index in [2.05, 4.69) is 16.9 Å². The lowest BCUT2D eigenvalue weighted by Crippen LogP contribution is -2.19. The molecular formula is C14H22N2O2S. The van der Waals surface area contributed by atoms with Crippen molar-refractivity contribution in [2.75, 3.05) is 0 Å². The van der Waals surface area contributed by atoms with Gasteiger partial charge in [0.15, 0.2) is 0 Å². The zero-order valence-electron chi connectivity index (χ0n) is 11.8. The van der Waals surface area contributed by atoms with Gasteiger partial charge in [0.25, 0.3) is 10.0 Å². The minimum absolute atomic E-state index is 0.239. The standard InChI is InChI=1S/C14H22N2O2S/c1-4-5-6-7-13(3)15-16-19(17,18)14-10-8-12(2)9-11-14/h8-11,16H,4-7H2,1-3H3/b15-13-. The summed E-state index contributed by atoms with van der Waals surface area (Å²) in [4.78, 5) is 2.52. The molecule has 0 unspecified atom stereocenters. The second-order valence-electron chi connectivity index (χ2n) is 4.71. The number of benzene rings is 1. The Morgan fingerprint density at radius 3 is 2.42 bits per heavy atom. The van der Waals surface area contributed by atoms with Crippen LogP contribution < -0.4 is 4.83 Å². The van der Waals surface area contributed by atoms with Gasteiger partial charge < -0.3 is 0 Å². The van der Waals surface area contributed by atoms with Crippen LogP contribution in [0.4, 0.5) is 0 Å². The summed E-state index contributed by atoms with van der Waals surface area (Å²) in [6.45, 7) is 5.89. The number of nitrogens with zero attached hydrogens (tertiary/aromatic N) is 1. The fraction of sp³-hybridized carbons (Fsp3) is 0.500. The van der Waals surface area contributed by atoms with Crippen LogP contribution in [0.25, 0.3) is 0 Å². The van der Waals surface area contributed by atoms with Crippen LogP contribution in [0.5, 0.6) is 0 Å². The van der Waals surface area contributed by atoms with Crippen LogP contribution in [0, 0.1) is 6.92 Å². The minimum Gasteiger partial charge on any atom is -0.200 e. The maximum absolute atomic E-state index is 12.0. The fourth-order valence-electron chi connectivity index (χ4n) is 1.59. The highest BCUT2D eigenvalue weighted by atomic mass is 32.2. The van der Waals surface area contributed by atoms with E-state index in [1.165, 1.54) is 0 Å². The number of nitrogens with one attached hydrogen (secondary N) is 1. The highest BCUT2D eigenvalue weighted by Crippen LogP contribution is 2.10. The third-order valence-electron chi connectivity index (χ3n) is 2.83. The van der Waals surface area contributed by atoms with Gasteiger partial charge in [-0.15, -0.1) is 0 Å². The first-order valence-electron chi connectivity index (χ1n) is 6.57. The summed E-state index contributed by atoms with van der Waals surface area (Å²) in [5.41, 5.74) is 1.84. The molecule has 0 aliphatic carbocycles. The zero-order chi connectivity index (χ0) is 14.3. The Morgan fingerprint density at radius 1 is 1.21 bits per heavy atom. The molecule has 0 spiro atoms.